The second kappa shape index (κ2) is 10.6. The minimum Gasteiger partial charge on any atom is -0.322 e. The summed E-state index contributed by atoms with van der Waals surface area (Å²) in [6.45, 7) is 3.97. The molecular weight excluding hydrogens is 463 g/mol. The summed E-state index contributed by atoms with van der Waals surface area (Å²) >= 11 is 0. The molecule has 0 saturated carbocycles. The Labute approximate surface area is 200 Å². The van der Waals surface area contributed by atoms with E-state index < -0.39 is 17.6 Å². The molecule has 34 heavy (non-hydrogen) atoms. The Balaban J connectivity index is 0.00000324. The molecule has 3 aromatic heterocycles. The molecule has 0 spiro atoms. The van der Waals surface area contributed by atoms with Crippen LogP contribution >= 0.6 is 12.4 Å². The number of hydrogen-bond donors (Lipinski definition) is 2. The van der Waals surface area contributed by atoms with Gasteiger partial charge in [0.1, 0.15) is 30.0 Å². The molecule has 4 aromatic rings. The molecule has 0 radical (unpaired) electrons. The summed E-state index contributed by atoms with van der Waals surface area (Å²) in [6, 6.07) is 8.83. The quantitative estimate of drug-likeness (QED) is 0.428. The van der Waals surface area contributed by atoms with Crippen LogP contribution in [0.2, 0.25) is 0 Å². The van der Waals surface area contributed by atoms with E-state index in [1.165, 1.54) is 30.9 Å². The van der Waals surface area contributed by atoms with E-state index in [2.05, 4.69) is 35.8 Å². The van der Waals surface area contributed by atoms with Crippen molar-refractivity contribution in [3.05, 3.63) is 78.4 Å². The summed E-state index contributed by atoms with van der Waals surface area (Å²) in [6.07, 6.45) is 5.59. The van der Waals surface area contributed by atoms with E-state index in [4.69, 9.17) is 0 Å². The number of nitrogens with zero attached hydrogens (tertiary/aromatic N) is 6. The topological polar surface area (TPSA) is 128 Å². The van der Waals surface area contributed by atoms with Gasteiger partial charge in [-0.15, -0.1) is 22.6 Å². The normalized spacial score (nSPS) is 10.5. The minimum absolute atomic E-state index is 0. The average molecular weight is 483 g/mol. The number of amides is 2. The highest BCUT2D eigenvalue weighted by molar-refractivity contribution is 6.07. The smallest absolute Gasteiger partial charge is 0.259 e. The van der Waals surface area contributed by atoms with Crippen LogP contribution in [0.25, 0.3) is 11.5 Å². The predicted molar refractivity (Wildman–Crippen MR) is 125 cm³/mol. The Hall–Kier alpha value is -4.25. The number of aromatic nitrogens is 6. The van der Waals surface area contributed by atoms with Crippen molar-refractivity contribution < 1.29 is 14.0 Å². The van der Waals surface area contributed by atoms with Crippen LogP contribution in [0.4, 0.5) is 15.9 Å². The maximum atomic E-state index is 14.4. The molecule has 2 amide bonds. The van der Waals surface area contributed by atoms with Gasteiger partial charge < -0.3 is 15.2 Å². The molecule has 0 saturated heterocycles. The Kier molecular flexibility index (Phi) is 7.59. The monoisotopic (exact) mass is 482 g/mol. The zero-order valence-corrected chi connectivity index (χ0v) is 19.0. The lowest BCUT2D eigenvalue weighted by molar-refractivity contribution is 0.101. The zero-order valence-electron chi connectivity index (χ0n) is 18.1. The zero-order chi connectivity index (χ0) is 23.4. The van der Waals surface area contributed by atoms with Gasteiger partial charge >= 0.3 is 0 Å². The molecule has 174 valence electrons. The minimum atomic E-state index is -0.746. The highest BCUT2D eigenvalue weighted by atomic mass is 35.5. The van der Waals surface area contributed by atoms with E-state index in [0.717, 1.165) is 6.07 Å². The van der Waals surface area contributed by atoms with Gasteiger partial charge in [0, 0.05) is 24.1 Å². The molecule has 10 nitrogen and oxygen atoms in total. The van der Waals surface area contributed by atoms with Gasteiger partial charge in [-0.1, -0.05) is 6.07 Å². The van der Waals surface area contributed by atoms with Gasteiger partial charge in [-0.05, 0) is 44.2 Å². The van der Waals surface area contributed by atoms with Crippen LogP contribution in [0.5, 0.6) is 0 Å². The van der Waals surface area contributed by atoms with Crippen molar-refractivity contribution in [1.82, 2.24) is 29.7 Å². The summed E-state index contributed by atoms with van der Waals surface area (Å²) in [4.78, 5) is 37.0. The fourth-order valence-corrected chi connectivity index (χ4v) is 3.01. The summed E-state index contributed by atoms with van der Waals surface area (Å²) in [5.74, 6) is -1.20. The van der Waals surface area contributed by atoms with Crippen molar-refractivity contribution in [2.75, 3.05) is 10.6 Å². The van der Waals surface area contributed by atoms with Gasteiger partial charge in [0.25, 0.3) is 11.8 Å². The van der Waals surface area contributed by atoms with Crippen molar-refractivity contribution >= 4 is 35.7 Å². The third kappa shape index (κ3) is 5.38. The first-order valence-corrected chi connectivity index (χ1v) is 9.96. The van der Waals surface area contributed by atoms with Gasteiger partial charge in [-0.3, -0.25) is 9.59 Å². The van der Waals surface area contributed by atoms with E-state index in [9.17, 15) is 14.0 Å². The van der Waals surface area contributed by atoms with Crippen molar-refractivity contribution in [1.29, 1.82) is 0 Å². The fraction of sp³-hybridized carbons (Fsp3) is 0.136. The number of benzene rings is 1. The number of halogens is 2. The lowest BCUT2D eigenvalue weighted by Crippen LogP contribution is -2.17. The number of rotatable bonds is 6. The first kappa shape index (κ1) is 24.4. The van der Waals surface area contributed by atoms with E-state index >= 15 is 0 Å². The third-order valence-electron chi connectivity index (χ3n) is 4.64. The summed E-state index contributed by atoms with van der Waals surface area (Å²) in [5, 5.41) is 13.2. The van der Waals surface area contributed by atoms with Crippen LogP contribution in [0.1, 0.15) is 40.6 Å². The van der Waals surface area contributed by atoms with Crippen molar-refractivity contribution in [3.63, 3.8) is 0 Å². The molecule has 1 aromatic carbocycles. The van der Waals surface area contributed by atoms with Crippen LogP contribution in [-0.2, 0) is 0 Å². The first-order valence-electron chi connectivity index (χ1n) is 9.96. The highest BCUT2D eigenvalue weighted by Gasteiger charge is 2.17. The van der Waals surface area contributed by atoms with Gasteiger partial charge in [-0.2, -0.15) is 0 Å². The molecule has 0 unspecified atom stereocenters. The number of hydrogen-bond acceptors (Lipinski definition) is 7. The Morgan fingerprint density at radius 2 is 1.79 bits per heavy atom. The lowest BCUT2D eigenvalue weighted by atomic mass is 10.1. The molecule has 0 aliphatic heterocycles. The molecule has 0 aliphatic rings. The maximum absolute atomic E-state index is 14.4. The molecule has 4 rings (SSSR count). The van der Waals surface area contributed by atoms with Crippen LogP contribution in [-0.4, -0.2) is 41.5 Å². The molecule has 0 fully saturated rings. The highest BCUT2D eigenvalue weighted by Crippen LogP contribution is 2.21. The van der Waals surface area contributed by atoms with E-state index in [-0.39, 0.29) is 41.1 Å². The number of pyridine rings is 1. The van der Waals surface area contributed by atoms with Crippen molar-refractivity contribution in [2.45, 2.75) is 19.9 Å². The molecule has 0 aliphatic carbocycles. The lowest BCUT2D eigenvalue weighted by Gasteiger charge is -2.11. The number of carbonyl (C=O) groups excluding carboxylic acids is 2. The van der Waals surface area contributed by atoms with Crippen LogP contribution in [0, 0.1) is 5.82 Å². The summed E-state index contributed by atoms with van der Waals surface area (Å²) in [7, 11) is 0. The Morgan fingerprint density at radius 1 is 1.03 bits per heavy atom. The Bertz CT molecular complexity index is 1310. The van der Waals surface area contributed by atoms with Gasteiger partial charge in [-0.25, -0.2) is 19.3 Å². The second-order valence-electron chi connectivity index (χ2n) is 7.29. The van der Waals surface area contributed by atoms with Crippen molar-refractivity contribution in [3.8, 4) is 11.5 Å². The van der Waals surface area contributed by atoms with E-state index in [0.29, 0.717) is 11.5 Å². The molecule has 2 N–H and O–H groups in total. The number of nitrogens with one attached hydrogen (secondary N) is 2. The van der Waals surface area contributed by atoms with Crippen LogP contribution < -0.4 is 10.6 Å². The standard InChI is InChI=1S/C22H19FN8O2.ClH/c1-13(2)31-12-26-30-20(31)18-4-3-5-19(28-18)29-22(33)16-8-15(6-7-17(16)23)27-21(32)14-9-24-11-25-10-14;/h3-13H,1-2H3,(H,27,32)(H,28,29,33);1H. The fourth-order valence-electron chi connectivity index (χ4n) is 3.01. The SMILES string of the molecule is CC(C)n1cnnc1-c1cccc(NC(=O)c2cc(NC(=O)c3cncnc3)ccc2F)n1.Cl. The van der Waals surface area contributed by atoms with Crippen LogP contribution in [0.3, 0.4) is 0 Å². The molecule has 3 heterocycles. The summed E-state index contributed by atoms with van der Waals surface area (Å²) in [5.41, 5.74) is 0.713. The third-order valence-corrected chi connectivity index (χ3v) is 4.64. The molecule has 0 atom stereocenters. The molecular formula is C22H20ClFN8O2. The number of carbonyl (C=O) groups is 2. The average Bonchev–Trinajstić information content (AvgIpc) is 3.31. The van der Waals surface area contributed by atoms with Gasteiger partial charge in [0.15, 0.2) is 5.82 Å². The van der Waals surface area contributed by atoms with Gasteiger partial charge in [0.05, 0.1) is 11.1 Å². The number of anilines is 2. The van der Waals surface area contributed by atoms with Crippen molar-refractivity contribution in [2.24, 2.45) is 0 Å². The first-order chi connectivity index (χ1) is 15.9. The Morgan fingerprint density at radius 3 is 2.53 bits per heavy atom. The van der Waals surface area contributed by atoms with Gasteiger partial charge in [0.2, 0.25) is 0 Å². The summed E-state index contributed by atoms with van der Waals surface area (Å²) < 4.78 is 16.2. The second-order valence-corrected chi connectivity index (χ2v) is 7.29. The maximum Gasteiger partial charge on any atom is 0.259 e. The van der Waals surface area contributed by atoms with E-state index in [1.54, 1.807) is 24.5 Å². The van der Waals surface area contributed by atoms with E-state index in [1.807, 2.05) is 18.4 Å². The molecule has 0 bridgehead atoms. The predicted octanol–water partition coefficient (Wildman–Crippen LogP) is 3.78. The largest absolute Gasteiger partial charge is 0.322 e. The van der Waals surface area contributed by atoms with Crippen LogP contribution in [0.15, 0.2) is 61.4 Å². The molecule has 12 heteroatoms.